The molecule has 1 aliphatic heterocycles. The first-order valence-corrected chi connectivity index (χ1v) is 9.96. The van der Waals surface area contributed by atoms with Gasteiger partial charge in [0.2, 0.25) is 5.62 Å². The zero-order valence-electron chi connectivity index (χ0n) is 17.3. The Morgan fingerprint density at radius 1 is 1.23 bits per heavy atom. The van der Waals surface area contributed by atoms with Crippen LogP contribution in [0.1, 0.15) is 31.4 Å². The van der Waals surface area contributed by atoms with Crippen LogP contribution in [0.15, 0.2) is 36.4 Å². The Morgan fingerprint density at radius 3 is 2.74 bits per heavy atom. The quantitative estimate of drug-likeness (QED) is 0.377. The Labute approximate surface area is 179 Å². The fourth-order valence-corrected chi connectivity index (χ4v) is 3.80. The van der Waals surface area contributed by atoms with Crippen LogP contribution in [0.4, 0.5) is 15.9 Å². The molecule has 0 fully saturated rings. The lowest BCUT2D eigenvalue weighted by molar-refractivity contribution is 0.637. The normalized spacial score (nSPS) is 13.2. The number of halogens is 1. The first-order chi connectivity index (χ1) is 14.9. The molecule has 0 bridgehead atoms. The first-order valence-electron chi connectivity index (χ1n) is 9.96. The van der Waals surface area contributed by atoms with Crippen molar-refractivity contribution in [2.45, 2.75) is 26.7 Å². The number of hydrogen-bond donors (Lipinski definition) is 2. The Hall–Kier alpha value is -3.97. The van der Waals surface area contributed by atoms with Gasteiger partial charge in [-0.05, 0) is 56.5 Å². The van der Waals surface area contributed by atoms with E-state index in [9.17, 15) is 9.65 Å². The van der Waals surface area contributed by atoms with Gasteiger partial charge in [-0.25, -0.2) is 4.39 Å². The van der Waals surface area contributed by atoms with Gasteiger partial charge in [-0.2, -0.15) is 10.2 Å². The molecule has 0 saturated heterocycles. The van der Waals surface area contributed by atoms with Gasteiger partial charge >= 0.3 is 0 Å². The molecule has 31 heavy (non-hydrogen) atoms. The molecule has 4 rings (SSSR count). The molecule has 1 aromatic heterocycles. The Bertz CT molecular complexity index is 1370. The third kappa shape index (κ3) is 3.55. The van der Waals surface area contributed by atoms with Gasteiger partial charge in [0.05, 0.1) is 23.3 Å². The standard InChI is InChI=1S/C24H21FN6/c1-24(2,14-26)12-11-16-6-3-9-19-17(16)7-5-13-30(19)22-21-18(25)8-4-10-20(21)31(15-27)23(28)29-22/h3-4,6,8-10,15,27-28H,5,7,13H2,1-2H3. The van der Waals surface area contributed by atoms with Gasteiger partial charge in [0, 0.05) is 17.8 Å². The highest BCUT2D eigenvalue weighted by molar-refractivity contribution is 5.95. The van der Waals surface area contributed by atoms with Gasteiger partial charge in [0.1, 0.15) is 17.1 Å². The summed E-state index contributed by atoms with van der Waals surface area (Å²) < 4.78 is 16.2. The molecular formula is C24H21FN6. The largest absolute Gasteiger partial charge is 0.325 e. The maximum atomic E-state index is 14.9. The molecule has 0 spiro atoms. The maximum Gasteiger partial charge on any atom is 0.229 e. The van der Waals surface area contributed by atoms with Crippen molar-refractivity contribution >= 4 is 28.7 Å². The number of nitriles is 1. The van der Waals surface area contributed by atoms with Gasteiger partial charge in [0.15, 0.2) is 0 Å². The molecule has 2 N–H and O–H groups in total. The van der Waals surface area contributed by atoms with Crippen LogP contribution in [-0.4, -0.2) is 22.4 Å². The van der Waals surface area contributed by atoms with E-state index in [0.717, 1.165) is 36.0 Å². The summed E-state index contributed by atoms with van der Waals surface area (Å²) in [7, 11) is 0. The van der Waals surface area contributed by atoms with E-state index in [1.54, 1.807) is 26.0 Å². The van der Waals surface area contributed by atoms with E-state index >= 15 is 0 Å². The van der Waals surface area contributed by atoms with Crippen LogP contribution in [0.2, 0.25) is 0 Å². The van der Waals surface area contributed by atoms with E-state index < -0.39 is 11.2 Å². The van der Waals surface area contributed by atoms with Crippen LogP contribution in [0.3, 0.4) is 0 Å². The molecule has 6 nitrogen and oxygen atoms in total. The summed E-state index contributed by atoms with van der Waals surface area (Å²) in [4.78, 5) is 6.30. The second-order valence-corrected chi connectivity index (χ2v) is 7.94. The molecule has 0 amide bonds. The molecule has 2 heterocycles. The van der Waals surface area contributed by atoms with Crippen molar-refractivity contribution < 1.29 is 4.39 Å². The molecule has 7 heteroatoms. The van der Waals surface area contributed by atoms with Crippen LogP contribution in [0.5, 0.6) is 0 Å². The molecular weight excluding hydrogens is 391 g/mol. The number of fused-ring (bicyclic) bond motifs is 2. The van der Waals surface area contributed by atoms with E-state index in [1.807, 2.05) is 23.1 Å². The highest BCUT2D eigenvalue weighted by Crippen LogP contribution is 2.37. The second kappa shape index (κ2) is 7.70. The van der Waals surface area contributed by atoms with E-state index in [2.05, 4.69) is 22.9 Å². The number of nitrogens with one attached hydrogen (secondary N) is 2. The lowest BCUT2D eigenvalue weighted by Crippen LogP contribution is -2.31. The zero-order valence-corrected chi connectivity index (χ0v) is 17.3. The summed E-state index contributed by atoms with van der Waals surface area (Å²) in [5.74, 6) is 6.09. The molecule has 0 saturated carbocycles. The summed E-state index contributed by atoms with van der Waals surface area (Å²) in [6.45, 7) is 4.18. The minimum atomic E-state index is -0.752. The maximum absolute atomic E-state index is 14.9. The molecule has 2 aromatic carbocycles. The molecule has 1 aliphatic rings. The Balaban J connectivity index is 1.94. The van der Waals surface area contributed by atoms with Crippen molar-refractivity contribution in [1.82, 2.24) is 9.55 Å². The Morgan fingerprint density at radius 2 is 2.00 bits per heavy atom. The molecule has 0 radical (unpaired) electrons. The van der Waals surface area contributed by atoms with Gasteiger partial charge in [-0.3, -0.25) is 15.4 Å². The third-order valence-electron chi connectivity index (χ3n) is 5.34. The minimum Gasteiger partial charge on any atom is -0.325 e. The van der Waals surface area contributed by atoms with Gasteiger partial charge in [-0.1, -0.05) is 24.0 Å². The van der Waals surface area contributed by atoms with E-state index in [1.165, 1.54) is 10.6 Å². The summed E-state index contributed by atoms with van der Waals surface area (Å²) in [6, 6.07) is 12.6. The minimum absolute atomic E-state index is 0.137. The average Bonchev–Trinajstić information content (AvgIpc) is 2.77. The SMILES string of the molecule is CC(C)(C#N)C#Cc1cccc2c1CCCN2c1nc(=N)n(C=N)c2cccc(F)c12. The number of benzene rings is 2. The molecule has 154 valence electrons. The molecule has 0 atom stereocenters. The van der Waals surface area contributed by atoms with Gasteiger partial charge in [0.25, 0.3) is 0 Å². The fourth-order valence-electron chi connectivity index (χ4n) is 3.80. The summed E-state index contributed by atoms with van der Waals surface area (Å²) >= 11 is 0. The van der Waals surface area contributed by atoms with Crippen LogP contribution < -0.4 is 10.5 Å². The van der Waals surface area contributed by atoms with E-state index in [0.29, 0.717) is 17.9 Å². The van der Waals surface area contributed by atoms with Crippen LogP contribution >= 0.6 is 0 Å². The summed E-state index contributed by atoms with van der Waals surface area (Å²) in [6.07, 6.45) is 2.60. The topological polar surface area (TPSA) is 92.6 Å². The lowest BCUT2D eigenvalue weighted by atomic mass is 9.93. The third-order valence-corrected chi connectivity index (χ3v) is 5.34. The second-order valence-electron chi connectivity index (χ2n) is 7.94. The predicted octanol–water partition coefficient (Wildman–Crippen LogP) is 4.10. The summed E-state index contributed by atoms with van der Waals surface area (Å²) in [5, 5.41) is 25.4. The van der Waals surface area contributed by atoms with Crippen molar-refractivity contribution in [2.24, 2.45) is 5.41 Å². The van der Waals surface area contributed by atoms with Crippen LogP contribution in [-0.2, 0) is 6.42 Å². The van der Waals surface area contributed by atoms with Gasteiger partial charge in [-0.15, -0.1) is 0 Å². The highest BCUT2D eigenvalue weighted by atomic mass is 19.1. The highest BCUT2D eigenvalue weighted by Gasteiger charge is 2.25. The first kappa shape index (κ1) is 20.3. The molecule has 3 aromatic rings. The van der Waals surface area contributed by atoms with Crippen molar-refractivity contribution in [3.63, 3.8) is 0 Å². The predicted molar refractivity (Wildman–Crippen MR) is 118 cm³/mol. The van der Waals surface area contributed by atoms with Crippen molar-refractivity contribution in [1.29, 1.82) is 16.1 Å². The van der Waals surface area contributed by atoms with E-state index in [-0.39, 0.29) is 11.0 Å². The average molecular weight is 412 g/mol. The monoisotopic (exact) mass is 412 g/mol. The number of anilines is 2. The number of hydrogen-bond acceptors (Lipinski definition) is 5. The number of aromatic nitrogens is 2. The van der Waals surface area contributed by atoms with Crippen LogP contribution in [0, 0.1) is 45.2 Å². The van der Waals surface area contributed by atoms with Crippen molar-refractivity contribution in [3.8, 4) is 17.9 Å². The summed E-state index contributed by atoms with van der Waals surface area (Å²) in [5.41, 5.74) is 2.27. The van der Waals surface area contributed by atoms with Crippen molar-refractivity contribution in [2.75, 3.05) is 11.4 Å². The number of rotatable bonds is 2. The van der Waals surface area contributed by atoms with Gasteiger partial charge < -0.3 is 4.90 Å². The fraction of sp³-hybridized carbons (Fsp3) is 0.250. The smallest absolute Gasteiger partial charge is 0.229 e. The Kier molecular flexibility index (Phi) is 5.04. The zero-order chi connectivity index (χ0) is 22.2. The van der Waals surface area contributed by atoms with Crippen LogP contribution in [0.25, 0.3) is 10.9 Å². The lowest BCUT2D eigenvalue weighted by Gasteiger charge is -2.32. The molecule has 0 aliphatic carbocycles. The molecule has 0 unspecified atom stereocenters. The van der Waals surface area contributed by atoms with Crippen molar-refractivity contribution in [3.05, 3.63) is 59.0 Å². The van der Waals surface area contributed by atoms with E-state index in [4.69, 9.17) is 10.8 Å². The number of nitrogens with zero attached hydrogens (tertiary/aromatic N) is 4.